The second kappa shape index (κ2) is 21.5. The van der Waals surface area contributed by atoms with Crippen LogP contribution in [-0.4, -0.2) is 243 Å². The molecule has 78 heavy (non-hydrogen) atoms. The van der Waals surface area contributed by atoms with E-state index in [1.165, 1.54) is 6.92 Å². The zero-order valence-corrected chi connectivity index (χ0v) is 46.7. The van der Waals surface area contributed by atoms with Crippen LogP contribution < -0.4 is 0 Å². The van der Waals surface area contributed by atoms with E-state index in [4.69, 9.17) is 52.1 Å². The first-order valence-electron chi connectivity index (χ1n) is 28.6. The van der Waals surface area contributed by atoms with Crippen molar-refractivity contribution in [3.63, 3.8) is 0 Å². The summed E-state index contributed by atoms with van der Waals surface area (Å²) < 4.78 is 68.4. The van der Waals surface area contributed by atoms with Crippen molar-refractivity contribution < 1.29 is 113 Å². The highest BCUT2D eigenvalue weighted by Crippen LogP contribution is 2.81. The Labute approximate surface area is 456 Å². The molecule has 10 fully saturated rings. The molecule has 5 aliphatic heterocycles. The minimum atomic E-state index is -1.89. The average molecular weight is 1120 g/mol. The maximum absolute atomic E-state index is 12.5. The maximum Gasteiger partial charge on any atom is 0.187 e. The van der Waals surface area contributed by atoms with E-state index in [0.29, 0.717) is 19.4 Å². The van der Waals surface area contributed by atoms with Gasteiger partial charge in [-0.25, -0.2) is 0 Å². The molecule has 450 valence electrons. The van der Waals surface area contributed by atoms with Crippen molar-refractivity contribution in [2.45, 2.75) is 253 Å². The van der Waals surface area contributed by atoms with Crippen LogP contribution in [0.4, 0.5) is 0 Å². The predicted molar refractivity (Wildman–Crippen MR) is 267 cm³/mol. The first-order chi connectivity index (χ1) is 36.7. The van der Waals surface area contributed by atoms with E-state index in [9.17, 15) is 61.3 Å². The Kier molecular flexibility index (Phi) is 16.6. The molecular formula is C55H92O23. The lowest BCUT2D eigenvalue weighted by atomic mass is 9.30. The second-order valence-electron chi connectivity index (χ2n) is 26.9. The van der Waals surface area contributed by atoms with Crippen molar-refractivity contribution >= 4 is 0 Å². The molecule has 12 N–H and O–H groups in total. The fourth-order valence-electron chi connectivity index (χ4n) is 18.4. The summed E-state index contributed by atoms with van der Waals surface area (Å²) in [7, 11) is 3.40. The monoisotopic (exact) mass is 1120 g/mol. The van der Waals surface area contributed by atoms with Crippen LogP contribution in [0.2, 0.25) is 0 Å². The number of fused-ring (bicyclic) bond motifs is 4. The van der Waals surface area contributed by atoms with Gasteiger partial charge in [0.05, 0.1) is 50.3 Å². The van der Waals surface area contributed by atoms with E-state index in [1.807, 2.05) is 0 Å². The third kappa shape index (κ3) is 8.99. The van der Waals surface area contributed by atoms with Gasteiger partial charge in [0, 0.05) is 30.5 Å². The number of aliphatic hydroxyl groups excluding tert-OH is 12. The molecule has 5 aliphatic carbocycles. The summed E-state index contributed by atoms with van der Waals surface area (Å²) in [4.78, 5) is 0. The highest BCUT2D eigenvalue weighted by molar-refractivity contribution is 5.28. The van der Waals surface area contributed by atoms with E-state index in [0.717, 1.165) is 51.4 Å². The van der Waals surface area contributed by atoms with Gasteiger partial charge in [0.25, 0.3) is 0 Å². The molecule has 10 aliphatic rings. The summed E-state index contributed by atoms with van der Waals surface area (Å²) in [6, 6.07) is 0. The topological polar surface area (TPSA) is 344 Å². The van der Waals surface area contributed by atoms with E-state index in [1.54, 1.807) is 14.2 Å². The van der Waals surface area contributed by atoms with Gasteiger partial charge in [-0.3, -0.25) is 0 Å². The van der Waals surface area contributed by atoms with Gasteiger partial charge in [0.1, 0.15) is 85.5 Å². The van der Waals surface area contributed by atoms with Crippen LogP contribution in [-0.2, 0) is 52.1 Å². The maximum atomic E-state index is 12.5. The van der Waals surface area contributed by atoms with Gasteiger partial charge in [0.15, 0.2) is 31.5 Å². The number of ether oxygens (including phenoxy) is 11. The van der Waals surface area contributed by atoms with Gasteiger partial charge in [-0.05, 0) is 105 Å². The van der Waals surface area contributed by atoms with E-state index >= 15 is 0 Å². The van der Waals surface area contributed by atoms with Crippen LogP contribution in [0.3, 0.4) is 0 Å². The van der Waals surface area contributed by atoms with Crippen LogP contribution in [0.5, 0.6) is 0 Å². The summed E-state index contributed by atoms with van der Waals surface area (Å²) in [5.74, 6) is 0.531. The standard InChI is InChI=1S/C55H92O23/c1-24-33(59)37(63)40(66)44(72-24)78-43-39(65)35(61)26(21-57)74-47(43)75-27-22-70-46(42(36(27)62)77-45-41(67)38(64)34(60)25(20-56)73-45)76-32-12-13-51(5)28(49(32,2)3)10-14-52(6)29(51)11-15-55-30-18-50(4,48(68-8)69-9)16-17-54(30,23-71-55)31(58)19-53(52,55)7/h24-48,56-67H,10-23H2,1-9H3/t24-,25+,26+,27-,28-,29+,30+,31+,32-,33-,34+,35+,36-,37+,38-,39-,40+,41+,42+,43+,44-,45-,46-,47-,50-,51-,52+,53-,54+,55-/m0/s1. The van der Waals surface area contributed by atoms with Gasteiger partial charge >= 0.3 is 0 Å². The summed E-state index contributed by atoms with van der Waals surface area (Å²) in [5.41, 5.74) is -2.25. The van der Waals surface area contributed by atoms with Crippen molar-refractivity contribution in [3.8, 4) is 0 Å². The fraction of sp³-hybridized carbons (Fsp3) is 1.00. The lowest BCUT2D eigenvalue weighted by Gasteiger charge is -2.75. The largest absolute Gasteiger partial charge is 0.394 e. The highest BCUT2D eigenvalue weighted by Gasteiger charge is 2.80. The van der Waals surface area contributed by atoms with Crippen LogP contribution in [0, 0.1) is 50.2 Å². The fourth-order valence-corrected chi connectivity index (χ4v) is 18.4. The number of aliphatic hydroxyl groups is 12. The van der Waals surface area contributed by atoms with E-state index in [2.05, 4.69) is 41.5 Å². The molecule has 0 unspecified atom stereocenters. The Hall–Kier alpha value is -0.920. The molecule has 23 nitrogen and oxygen atoms in total. The molecule has 30 atom stereocenters. The number of rotatable bonds is 13. The zero-order valence-electron chi connectivity index (χ0n) is 46.7. The van der Waals surface area contributed by atoms with Gasteiger partial charge < -0.3 is 113 Å². The Balaban J connectivity index is 0.901. The molecular weight excluding hydrogens is 1030 g/mol. The van der Waals surface area contributed by atoms with Crippen molar-refractivity contribution in [2.75, 3.05) is 40.6 Å². The lowest BCUT2D eigenvalue weighted by Crippen LogP contribution is -2.74. The summed E-state index contributed by atoms with van der Waals surface area (Å²) in [6.45, 7) is 14.0. The molecule has 0 amide bonds. The van der Waals surface area contributed by atoms with Gasteiger partial charge in [-0.15, -0.1) is 0 Å². The van der Waals surface area contributed by atoms with E-state index < -0.39 is 160 Å². The molecule has 0 aromatic carbocycles. The first kappa shape index (κ1) is 60.2. The Morgan fingerprint density at radius 3 is 1.77 bits per heavy atom. The molecule has 0 aromatic rings. The predicted octanol–water partition coefficient (Wildman–Crippen LogP) is -1.08. The second-order valence-corrected chi connectivity index (χ2v) is 26.9. The van der Waals surface area contributed by atoms with Crippen LogP contribution in [0.25, 0.3) is 0 Å². The average Bonchev–Trinajstić information content (AvgIpc) is 3.26. The Bertz CT molecular complexity index is 2090. The van der Waals surface area contributed by atoms with Gasteiger partial charge in [-0.2, -0.15) is 0 Å². The summed E-state index contributed by atoms with van der Waals surface area (Å²) in [6.07, 6.45) is -24.3. The SMILES string of the molecule is COC(OC)[C@@]1(C)CC[C@]23CO[C@@]4(CC[C@@H]5[C@@]6(C)CC[C@H](O[C@@H]7OC[C@H](O[C@@H]8O[C@H](CO)[C@@H](O)[C@H](O)[C@H]8O[C@@H]8O[C@@H](C)[C@H](O)[C@@H](O)[C@H]8O)[C@H](O)[C@H]7O[C@@H]7O[C@H](CO)[C@@H](O)[C@H](O)[C@H]7O)C(C)(C)[C@@H]6CC[C@@]5(C)[C@]4(C)C[C@H]2O)[C@@H]3C1. The minimum absolute atomic E-state index is 0.130. The Morgan fingerprint density at radius 1 is 0.538 bits per heavy atom. The van der Waals surface area contributed by atoms with Crippen molar-refractivity contribution in [3.05, 3.63) is 0 Å². The smallest absolute Gasteiger partial charge is 0.187 e. The van der Waals surface area contributed by atoms with Crippen molar-refractivity contribution in [1.82, 2.24) is 0 Å². The van der Waals surface area contributed by atoms with Crippen LogP contribution in [0.15, 0.2) is 0 Å². The van der Waals surface area contributed by atoms with Gasteiger partial charge in [0.2, 0.25) is 0 Å². The van der Waals surface area contributed by atoms with Gasteiger partial charge in [-0.1, -0.05) is 41.5 Å². The quantitative estimate of drug-likeness (QED) is 0.0771. The number of hydrogen-bond acceptors (Lipinski definition) is 23. The molecule has 0 radical (unpaired) electrons. The molecule has 10 rings (SSSR count). The molecule has 5 heterocycles. The lowest BCUT2D eigenvalue weighted by molar-refractivity contribution is -0.394. The zero-order chi connectivity index (χ0) is 56.6. The van der Waals surface area contributed by atoms with Crippen LogP contribution in [0.1, 0.15) is 113 Å². The Morgan fingerprint density at radius 2 is 1.13 bits per heavy atom. The van der Waals surface area contributed by atoms with Crippen LogP contribution >= 0.6 is 0 Å². The summed E-state index contributed by atoms with van der Waals surface area (Å²) in [5, 5.41) is 132. The third-order valence-corrected chi connectivity index (χ3v) is 23.0. The molecule has 23 heteroatoms. The number of methoxy groups -OCH3 is 2. The summed E-state index contributed by atoms with van der Waals surface area (Å²) >= 11 is 0. The highest BCUT2D eigenvalue weighted by atomic mass is 16.8. The molecule has 2 bridgehead atoms. The van der Waals surface area contributed by atoms with Crippen molar-refractivity contribution in [1.29, 1.82) is 0 Å². The molecule has 1 spiro atoms. The molecule has 5 saturated heterocycles. The molecule has 5 saturated carbocycles. The van der Waals surface area contributed by atoms with Crippen molar-refractivity contribution in [2.24, 2.45) is 50.2 Å². The normalized spacial score (nSPS) is 56.8. The third-order valence-electron chi connectivity index (χ3n) is 23.0. The first-order valence-corrected chi connectivity index (χ1v) is 28.6. The molecule has 0 aromatic heterocycles. The number of hydrogen-bond donors (Lipinski definition) is 12. The van der Waals surface area contributed by atoms with E-state index in [-0.39, 0.29) is 51.1 Å². The minimum Gasteiger partial charge on any atom is -0.394 e.